The Kier molecular flexibility index (Phi) is 4.01. The van der Waals surface area contributed by atoms with E-state index in [-0.39, 0.29) is 11.9 Å². The molecule has 6 heteroatoms. The molecule has 0 aliphatic heterocycles. The summed E-state index contributed by atoms with van der Waals surface area (Å²) in [5.74, 6) is 0.622. The van der Waals surface area contributed by atoms with E-state index in [9.17, 15) is 13.2 Å². The predicted molar refractivity (Wildman–Crippen MR) is 69.1 cm³/mol. The molecule has 1 heterocycles. The van der Waals surface area contributed by atoms with Crippen molar-refractivity contribution in [2.45, 2.75) is 26.1 Å². The fraction of sp³-hybridized carbons (Fsp3) is 0.357. The first-order valence-corrected chi connectivity index (χ1v) is 6.10. The monoisotopic (exact) mass is 285 g/mol. The molecule has 0 aliphatic rings. The maximum absolute atomic E-state index is 12.1. The van der Waals surface area contributed by atoms with Crippen molar-refractivity contribution in [1.29, 1.82) is 0 Å². The van der Waals surface area contributed by atoms with Crippen LogP contribution in [-0.2, 0) is 0 Å². The summed E-state index contributed by atoms with van der Waals surface area (Å²) >= 11 is 0. The van der Waals surface area contributed by atoms with Crippen LogP contribution in [-0.4, -0.2) is 23.9 Å². The molecule has 3 nitrogen and oxygen atoms in total. The Morgan fingerprint density at radius 2 is 1.95 bits per heavy atom. The number of hydrogen-bond donors (Lipinski definition) is 0. The largest absolute Gasteiger partial charge is 0.484 e. The zero-order valence-corrected chi connectivity index (χ0v) is 11.1. The summed E-state index contributed by atoms with van der Waals surface area (Å²) in [6.45, 7) is 2.45. The highest BCUT2D eigenvalue weighted by molar-refractivity contribution is 5.87. The highest BCUT2D eigenvalue weighted by atomic mass is 19.4. The topological polar surface area (TPSA) is 31.4 Å². The number of rotatable bonds is 4. The minimum atomic E-state index is -4.35. The third kappa shape index (κ3) is 3.76. The van der Waals surface area contributed by atoms with Crippen molar-refractivity contribution in [2.75, 3.05) is 6.61 Å². The molecule has 0 unspecified atom stereocenters. The van der Waals surface area contributed by atoms with Gasteiger partial charge in [0.05, 0.1) is 6.10 Å². The first kappa shape index (κ1) is 14.4. The summed E-state index contributed by atoms with van der Waals surface area (Å²) in [7, 11) is 0. The molecule has 0 fully saturated rings. The van der Waals surface area contributed by atoms with Crippen LogP contribution in [0.5, 0.6) is 11.6 Å². The van der Waals surface area contributed by atoms with E-state index >= 15 is 0 Å². The lowest BCUT2D eigenvalue weighted by atomic mass is 10.1. The van der Waals surface area contributed by atoms with Crippen LogP contribution in [0.3, 0.4) is 0 Å². The van der Waals surface area contributed by atoms with Gasteiger partial charge in [-0.15, -0.1) is 0 Å². The first-order valence-electron chi connectivity index (χ1n) is 6.10. The van der Waals surface area contributed by atoms with Gasteiger partial charge in [0.2, 0.25) is 5.88 Å². The Morgan fingerprint density at radius 3 is 2.60 bits per heavy atom. The van der Waals surface area contributed by atoms with Crippen LogP contribution in [0, 0.1) is 0 Å². The van der Waals surface area contributed by atoms with Gasteiger partial charge in [-0.2, -0.15) is 13.2 Å². The van der Waals surface area contributed by atoms with Crippen molar-refractivity contribution in [2.24, 2.45) is 0 Å². The van der Waals surface area contributed by atoms with Gasteiger partial charge < -0.3 is 9.47 Å². The molecule has 20 heavy (non-hydrogen) atoms. The van der Waals surface area contributed by atoms with Gasteiger partial charge in [-0.05, 0) is 43.5 Å². The van der Waals surface area contributed by atoms with E-state index in [1.165, 1.54) is 12.1 Å². The molecule has 1 aromatic carbocycles. The average Bonchev–Trinajstić information content (AvgIpc) is 2.35. The second kappa shape index (κ2) is 5.56. The van der Waals surface area contributed by atoms with Crippen LogP contribution >= 0.6 is 0 Å². The molecule has 0 atom stereocenters. The van der Waals surface area contributed by atoms with Crippen LogP contribution in [0.25, 0.3) is 10.8 Å². The summed E-state index contributed by atoms with van der Waals surface area (Å²) in [6, 6.07) is 6.35. The van der Waals surface area contributed by atoms with Gasteiger partial charge in [0.25, 0.3) is 0 Å². The summed E-state index contributed by atoms with van der Waals surface area (Å²) in [4.78, 5) is 4.12. The number of hydrogen-bond acceptors (Lipinski definition) is 3. The fourth-order valence-corrected chi connectivity index (χ4v) is 1.70. The molecule has 0 aliphatic carbocycles. The standard InChI is InChI=1S/C14H14F3NO2/c1-9(2)20-13-12-4-3-11(19-8-14(15,16)17)7-10(12)5-6-18-13/h3-7,9H,8H2,1-2H3. The van der Waals surface area contributed by atoms with Crippen molar-refractivity contribution in [3.05, 3.63) is 30.5 Å². The molecule has 1 aromatic heterocycles. The Balaban J connectivity index is 2.26. The molecule has 0 amide bonds. The van der Waals surface area contributed by atoms with Crippen molar-refractivity contribution in [3.8, 4) is 11.6 Å². The number of ether oxygens (including phenoxy) is 2. The van der Waals surface area contributed by atoms with E-state index in [1.807, 2.05) is 13.8 Å². The Labute approximate surface area is 114 Å². The molecule has 2 aromatic rings. The quantitative estimate of drug-likeness (QED) is 0.852. The molecule has 0 spiro atoms. The van der Waals surface area contributed by atoms with E-state index < -0.39 is 12.8 Å². The highest BCUT2D eigenvalue weighted by Crippen LogP contribution is 2.28. The van der Waals surface area contributed by atoms with Crippen molar-refractivity contribution in [3.63, 3.8) is 0 Å². The molecule has 0 saturated heterocycles. The van der Waals surface area contributed by atoms with Gasteiger partial charge in [-0.3, -0.25) is 0 Å². The lowest BCUT2D eigenvalue weighted by Gasteiger charge is -2.12. The molecular weight excluding hydrogens is 271 g/mol. The lowest BCUT2D eigenvalue weighted by molar-refractivity contribution is -0.153. The predicted octanol–water partition coefficient (Wildman–Crippen LogP) is 3.96. The van der Waals surface area contributed by atoms with E-state index in [0.717, 1.165) is 10.8 Å². The molecule has 0 saturated carbocycles. The maximum atomic E-state index is 12.1. The number of fused-ring (bicyclic) bond motifs is 1. The average molecular weight is 285 g/mol. The van der Waals surface area contributed by atoms with Crippen molar-refractivity contribution in [1.82, 2.24) is 4.98 Å². The number of benzene rings is 1. The SMILES string of the molecule is CC(C)Oc1nccc2cc(OCC(F)(F)F)ccc12. The number of halogens is 3. The molecule has 108 valence electrons. The second-order valence-electron chi connectivity index (χ2n) is 4.57. The molecule has 2 rings (SSSR count). The van der Waals surface area contributed by atoms with Gasteiger partial charge in [0.1, 0.15) is 5.75 Å². The number of nitrogens with zero attached hydrogens (tertiary/aromatic N) is 1. The van der Waals surface area contributed by atoms with E-state index in [0.29, 0.717) is 5.88 Å². The van der Waals surface area contributed by atoms with Crippen LogP contribution in [0.4, 0.5) is 13.2 Å². The van der Waals surface area contributed by atoms with Crippen molar-refractivity contribution < 1.29 is 22.6 Å². The fourth-order valence-electron chi connectivity index (χ4n) is 1.70. The minimum absolute atomic E-state index is 0.0331. The van der Waals surface area contributed by atoms with Gasteiger partial charge in [-0.1, -0.05) is 0 Å². The van der Waals surface area contributed by atoms with Gasteiger partial charge in [-0.25, -0.2) is 4.98 Å². The van der Waals surface area contributed by atoms with Gasteiger partial charge >= 0.3 is 6.18 Å². The van der Waals surface area contributed by atoms with E-state index in [2.05, 4.69) is 4.98 Å². The number of aromatic nitrogens is 1. The molecule has 0 N–H and O–H groups in total. The third-order valence-corrected chi connectivity index (χ3v) is 2.45. The van der Waals surface area contributed by atoms with Crippen LogP contribution < -0.4 is 9.47 Å². The molecular formula is C14H14F3NO2. The number of pyridine rings is 1. The second-order valence-corrected chi connectivity index (χ2v) is 4.57. The Bertz CT molecular complexity index is 596. The van der Waals surface area contributed by atoms with Crippen molar-refractivity contribution >= 4 is 10.8 Å². The van der Waals surface area contributed by atoms with Crippen LogP contribution in [0.1, 0.15) is 13.8 Å². The molecule has 0 radical (unpaired) electrons. The minimum Gasteiger partial charge on any atom is -0.484 e. The Hall–Kier alpha value is -1.98. The molecule has 0 bridgehead atoms. The van der Waals surface area contributed by atoms with Gasteiger partial charge in [0.15, 0.2) is 6.61 Å². The van der Waals surface area contributed by atoms with Gasteiger partial charge in [0, 0.05) is 11.6 Å². The smallest absolute Gasteiger partial charge is 0.422 e. The maximum Gasteiger partial charge on any atom is 0.422 e. The lowest BCUT2D eigenvalue weighted by Crippen LogP contribution is -2.19. The highest BCUT2D eigenvalue weighted by Gasteiger charge is 2.28. The number of alkyl halides is 3. The third-order valence-electron chi connectivity index (χ3n) is 2.45. The summed E-state index contributed by atoms with van der Waals surface area (Å²) < 4.78 is 46.6. The summed E-state index contributed by atoms with van der Waals surface area (Å²) in [5, 5.41) is 1.45. The summed E-state index contributed by atoms with van der Waals surface area (Å²) in [6.07, 6.45) is -2.83. The van der Waals surface area contributed by atoms with Crippen LogP contribution in [0.15, 0.2) is 30.5 Å². The van der Waals surface area contributed by atoms with Crippen LogP contribution in [0.2, 0.25) is 0 Å². The first-order chi connectivity index (χ1) is 9.35. The zero-order chi connectivity index (χ0) is 14.8. The van der Waals surface area contributed by atoms with E-state index in [4.69, 9.17) is 9.47 Å². The van der Waals surface area contributed by atoms with E-state index in [1.54, 1.807) is 18.3 Å². The summed E-state index contributed by atoms with van der Waals surface area (Å²) in [5.41, 5.74) is 0. The zero-order valence-electron chi connectivity index (χ0n) is 11.1. The normalized spacial score (nSPS) is 11.9. The Morgan fingerprint density at radius 1 is 1.20 bits per heavy atom.